The van der Waals surface area contributed by atoms with Crippen molar-refractivity contribution in [2.75, 3.05) is 0 Å². The average molecular weight is 235 g/mol. The predicted octanol–water partition coefficient (Wildman–Crippen LogP) is 3.55. The molecule has 2 nitrogen and oxygen atoms in total. The van der Waals surface area contributed by atoms with E-state index in [1.165, 1.54) is 11.1 Å². The number of aromatic amines is 1. The van der Waals surface area contributed by atoms with Gasteiger partial charge in [0.2, 0.25) is 0 Å². The van der Waals surface area contributed by atoms with Crippen LogP contribution in [0.15, 0.2) is 30.6 Å². The Hall–Kier alpha value is -1.28. The minimum atomic E-state index is -0.0227. The molecular weight excluding hydrogens is 220 g/mol. The fraction of sp³-hybridized carbons (Fsp3) is 0.308. The first-order chi connectivity index (χ1) is 7.66. The molecule has 0 bridgehead atoms. The number of nitrogens with one attached hydrogen (secondary N) is 1. The molecule has 0 saturated carbocycles. The zero-order chi connectivity index (χ0) is 11.5. The van der Waals surface area contributed by atoms with E-state index in [9.17, 15) is 0 Å². The highest BCUT2D eigenvalue weighted by atomic mass is 35.5. The molecule has 16 heavy (non-hydrogen) atoms. The molecule has 0 saturated heterocycles. The minimum Gasteiger partial charge on any atom is -0.349 e. The predicted molar refractivity (Wildman–Crippen MR) is 66.8 cm³/mol. The molecule has 1 unspecified atom stereocenters. The normalized spacial score (nSPS) is 12.7. The van der Waals surface area contributed by atoms with E-state index in [1.54, 1.807) is 6.20 Å². The molecule has 1 heterocycles. The summed E-state index contributed by atoms with van der Waals surface area (Å²) in [5, 5.41) is -0.0227. The van der Waals surface area contributed by atoms with Crippen LogP contribution in [0, 0.1) is 13.8 Å². The van der Waals surface area contributed by atoms with E-state index >= 15 is 0 Å². The lowest BCUT2D eigenvalue weighted by molar-refractivity contribution is 0.853. The lowest BCUT2D eigenvalue weighted by Crippen LogP contribution is -1.98. The Kier molecular flexibility index (Phi) is 3.30. The van der Waals surface area contributed by atoms with Gasteiger partial charge in [-0.2, -0.15) is 0 Å². The molecule has 1 atom stereocenters. The van der Waals surface area contributed by atoms with Gasteiger partial charge in [0.05, 0.1) is 5.38 Å². The van der Waals surface area contributed by atoms with Crippen molar-refractivity contribution < 1.29 is 0 Å². The number of aromatic nitrogens is 2. The van der Waals surface area contributed by atoms with Crippen LogP contribution in [0.25, 0.3) is 0 Å². The van der Waals surface area contributed by atoms with E-state index < -0.39 is 0 Å². The van der Waals surface area contributed by atoms with Gasteiger partial charge in [0.1, 0.15) is 5.82 Å². The topological polar surface area (TPSA) is 28.7 Å². The Morgan fingerprint density at radius 3 is 2.75 bits per heavy atom. The number of hydrogen-bond donors (Lipinski definition) is 1. The number of alkyl halides is 1. The van der Waals surface area contributed by atoms with Crippen LogP contribution in [0.2, 0.25) is 0 Å². The maximum Gasteiger partial charge on any atom is 0.107 e. The summed E-state index contributed by atoms with van der Waals surface area (Å²) in [6.45, 7) is 4.21. The molecule has 2 aromatic rings. The van der Waals surface area contributed by atoms with Crippen LogP contribution in [0.5, 0.6) is 0 Å². The molecule has 3 heteroatoms. The summed E-state index contributed by atoms with van der Waals surface area (Å²) in [5.74, 6) is 0.929. The Morgan fingerprint density at radius 2 is 2.12 bits per heavy atom. The Bertz CT molecular complexity index is 463. The van der Waals surface area contributed by atoms with Crippen LogP contribution in [0.3, 0.4) is 0 Å². The number of rotatable bonds is 3. The lowest BCUT2D eigenvalue weighted by Gasteiger charge is -2.10. The molecule has 84 valence electrons. The number of benzene rings is 1. The number of nitrogens with zero attached hydrogens (tertiary/aromatic N) is 1. The maximum absolute atomic E-state index is 6.36. The molecule has 0 spiro atoms. The van der Waals surface area contributed by atoms with E-state index in [1.807, 2.05) is 6.20 Å². The number of H-pyrrole nitrogens is 1. The SMILES string of the molecule is Cc1ccc(C(Cl)Cc2ncc[nH]2)cc1C. The molecule has 0 aliphatic carbocycles. The van der Waals surface area contributed by atoms with Crippen LogP contribution in [-0.2, 0) is 6.42 Å². The zero-order valence-corrected chi connectivity index (χ0v) is 10.3. The average Bonchev–Trinajstić information content (AvgIpc) is 2.74. The number of halogens is 1. The molecule has 0 radical (unpaired) electrons. The second kappa shape index (κ2) is 4.71. The van der Waals surface area contributed by atoms with E-state index in [0.29, 0.717) is 0 Å². The van der Waals surface area contributed by atoms with E-state index in [0.717, 1.165) is 17.8 Å². The zero-order valence-electron chi connectivity index (χ0n) is 9.50. The maximum atomic E-state index is 6.36. The van der Waals surface area contributed by atoms with Crippen molar-refractivity contribution in [3.05, 3.63) is 53.1 Å². The standard InChI is InChI=1S/C13H15ClN2/c1-9-3-4-11(7-10(9)2)12(14)8-13-15-5-6-16-13/h3-7,12H,8H2,1-2H3,(H,15,16). The highest BCUT2D eigenvalue weighted by molar-refractivity contribution is 6.20. The molecule has 1 aromatic heterocycles. The van der Waals surface area contributed by atoms with Crippen LogP contribution in [-0.4, -0.2) is 9.97 Å². The van der Waals surface area contributed by atoms with Crippen LogP contribution < -0.4 is 0 Å². The van der Waals surface area contributed by atoms with E-state index in [4.69, 9.17) is 11.6 Å². The molecule has 0 amide bonds. The summed E-state index contributed by atoms with van der Waals surface area (Å²) in [4.78, 5) is 7.25. The van der Waals surface area contributed by atoms with E-state index in [-0.39, 0.29) is 5.38 Å². The summed E-state index contributed by atoms with van der Waals surface area (Å²) in [7, 11) is 0. The molecule has 0 fully saturated rings. The van der Waals surface area contributed by atoms with Gasteiger partial charge in [-0.3, -0.25) is 0 Å². The lowest BCUT2D eigenvalue weighted by atomic mass is 10.0. The summed E-state index contributed by atoms with van der Waals surface area (Å²) >= 11 is 6.36. The fourth-order valence-electron chi connectivity index (χ4n) is 1.66. The fourth-order valence-corrected chi connectivity index (χ4v) is 1.94. The van der Waals surface area contributed by atoms with Gasteiger partial charge < -0.3 is 4.98 Å². The number of imidazole rings is 1. The first-order valence-corrected chi connectivity index (χ1v) is 5.80. The molecule has 0 aliphatic heterocycles. The summed E-state index contributed by atoms with van der Waals surface area (Å²) in [6.07, 6.45) is 4.30. The van der Waals surface area contributed by atoms with Gasteiger partial charge in [-0.25, -0.2) is 4.98 Å². The Labute approximate surface area is 101 Å². The van der Waals surface area contributed by atoms with Gasteiger partial charge in [0.25, 0.3) is 0 Å². The second-order valence-corrected chi connectivity index (χ2v) is 4.58. The minimum absolute atomic E-state index is 0.0227. The van der Waals surface area contributed by atoms with Crippen LogP contribution >= 0.6 is 11.6 Å². The van der Waals surface area contributed by atoms with Gasteiger partial charge in [0.15, 0.2) is 0 Å². The van der Waals surface area contributed by atoms with Crippen molar-refractivity contribution in [2.45, 2.75) is 25.6 Å². The first kappa shape index (κ1) is 11.2. The highest BCUT2D eigenvalue weighted by Crippen LogP contribution is 2.25. The summed E-state index contributed by atoms with van der Waals surface area (Å²) < 4.78 is 0. The monoisotopic (exact) mass is 234 g/mol. The molecule has 0 aliphatic rings. The molecular formula is C13H15ClN2. The van der Waals surface area contributed by atoms with Crippen molar-refractivity contribution in [1.29, 1.82) is 0 Å². The van der Waals surface area contributed by atoms with Gasteiger partial charge in [-0.1, -0.05) is 18.2 Å². The van der Waals surface area contributed by atoms with Gasteiger partial charge in [0, 0.05) is 18.8 Å². The third-order valence-corrected chi connectivity index (χ3v) is 3.23. The van der Waals surface area contributed by atoms with Crippen molar-refractivity contribution in [3.8, 4) is 0 Å². The Balaban J connectivity index is 2.14. The largest absolute Gasteiger partial charge is 0.349 e. The molecule has 1 N–H and O–H groups in total. The van der Waals surface area contributed by atoms with Crippen LogP contribution in [0.1, 0.15) is 27.9 Å². The quantitative estimate of drug-likeness (QED) is 0.809. The molecule has 2 rings (SSSR count). The summed E-state index contributed by atoms with van der Waals surface area (Å²) in [5.41, 5.74) is 3.73. The number of hydrogen-bond acceptors (Lipinski definition) is 1. The van der Waals surface area contributed by atoms with E-state index in [2.05, 4.69) is 42.0 Å². The van der Waals surface area contributed by atoms with Gasteiger partial charge >= 0.3 is 0 Å². The Morgan fingerprint density at radius 1 is 1.31 bits per heavy atom. The van der Waals surface area contributed by atoms with Crippen molar-refractivity contribution in [1.82, 2.24) is 9.97 Å². The number of aryl methyl sites for hydroxylation is 2. The van der Waals surface area contributed by atoms with Gasteiger partial charge in [-0.05, 0) is 30.5 Å². The van der Waals surface area contributed by atoms with Crippen molar-refractivity contribution in [2.24, 2.45) is 0 Å². The highest BCUT2D eigenvalue weighted by Gasteiger charge is 2.10. The third-order valence-electron chi connectivity index (χ3n) is 2.82. The molecule has 1 aromatic carbocycles. The second-order valence-electron chi connectivity index (χ2n) is 4.05. The summed E-state index contributed by atoms with van der Waals surface area (Å²) in [6, 6.07) is 6.35. The van der Waals surface area contributed by atoms with Crippen molar-refractivity contribution in [3.63, 3.8) is 0 Å². The van der Waals surface area contributed by atoms with Crippen molar-refractivity contribution >= 4 is 11.6 Å². The third kappa shape index (κ3) is 2.45. The van der Waals surface area contributed by atoms with Crippen LogP contribution in [0.4, 0.5) is 0 Å². The smallest absolute Gasteiger partial charge is 0.107 e. The first-order valence-electron chi connectivity index (χ1n) is 5.36. The van der Waals surface area contributed by atoms with Gasteiger partial charge in [-0.15, -0.1) is 11.6 Å².